The smallest absolute Gasteiger partial charge is 0.196 e. The van der Waals surface area contributed by atoms with Gasteiger partial charge in [0.1, 0.15) is 17.5 Å². The summed E-state index contributed by atoms with van der Waals surface area (Å²) < 4.78 is 0. The molecule has 0 radical (unpaired) electrons. The van der Waals surface area contributed by atoms with Gasteiger partial charge in [0.2, 0.25) is 0 Å². The second-order valence-corrected chi connectivity index (χ2v) is 7.82. The highest BCUT2D eigenvalue weighted by atomic mass is 32.2. The van der Waals surface area contributed by atoms with Crippen molar-refractivity contribution in [1.29, 1.82) is 0 Å². The first kappa shape index (κ1) is 18.6. The van der Waals surface area contributed by atoms with Crippen LogP contribution < -0.4 is 16.0 Å². The normalized spacial score (nSPS) is 13.9. The molecule has 1 saturated heterocycles. The highest BCUT2D eigenvalue weighted by Crippen LogP contribution is 2.29. The van der Waals surface area contributed by atoms with Crippen molar-refractivity contribution in [1.82, 2.24) is 25.1 Å². The second-order valence-electron chi connectivity index (χ2n) is 6.78. The van der Waals surface area contributed by atoms with Gasteiger partial charge in [-0.3, -0.25) is 5.10 Å². The molecule has 8 nitrogen and oxygen atoms in total. The molecule has 1 aliphatic heterocycles. The molecule has 1 fully saturated rings. The maximum absolute atomic E-state index is 5.79. The van der Waals surface area contributed by atoms with Crippen LogP contribution >= 0.6 is 11.8 Å². The standard InChI is InChI=1S/C19H24N8S/c1-26(11-12-27-9-2-10-27)18-13-17(22-16-7-8-21-25-16)23-19(24-18)28-15-5-3-14(20)4-6-15/h3-8,13H,2,9-12,20H2,1H3,(H2,21,22,23,24,25). The van der Waals surface area contributed by atoms with E-state index in [0.717, 1.165) is 41.1 Å². The summed E-state index contributed by atoms with van der Waals surface area (Å²) in [6.45, 7) is 4.36. The molecule has 4 rings (SSSR count). The van der Waals surface area contributed by atoms with Crippen LogP contribution in [-0.4, -0.2) is 58.3 Å². The van der Waals surface area contributed by atoms with Crippen LogP contribution in [-0.2, 0) is 0 Å². The van der Waals surface area contributed by atoms with Crippen molar-refractivity contribution in [3.05, 3.63) is 42.6 Å². The van der Waals surface area contributed by atoms with E-state index in [2.05, 4.69) is 37.3 Å². The van der Waals surface area contributed by atoms with Crippen molar-refractivity contribution in [2.75, 3.05) is 49.2 Å². The summed E-state index contributed by atoms with van der Waals surface area (Å²) in [6.07, 6.45) is 3.01. The number of nitrogens with two attached hydrogens (primary N) is 1. The molecule has 1 aromatic carbocycles. The van der Waals surface area contributed by atoms with Gasteiger partial charge < -0.3 is 20.9 Å². The Hall–Kier alpha value is -2.78. The molecule has 0 unspecified atom stereocenters. The quantitative estimate of drug-likeness (QED) is 0.395. The van der Waals surface area contributed by atoms with Crippen molar-refractivity contribution >= 4 is 34.9 Å². The molecule has 146 valence electrons. The molecule has 9 heteroatoms. The number of rotatable bonds is 8. The Morgan fingerprint density at radius 2 is 2.04 bits per heavy atom. The fourth-order valence-corrected chi connectivity index (χ4v) is 3.60. The van der Waals surface area contributed by atoms with E-state index in [0.29, 0.717) is 5.16 Å². The third-order valence-corrected chi connectivity index (χ3v) is 5.51. The number of likely N-dealkylation sites (tertiary alicyclic amines) is 1. The number of aromatic amines is 1. The van der Waals surface area contributed by atoms with Crippen LogP contribution in [0.25, 0.3) is 0 Å². The fourth-order valence-electron chi connectivity index (χ4n) is 2.83. The van der Waals surface area contributed by atoms with Gasteiger partial charge in [0.25, 0.3) is 0 Å². The number of nitrogens with one attached hydrogen (secondary N) is 2. The van der Waals surface area contributed by atoms with E-state index in [1.807, 2.05) is 36.4 Å². The number of aromatic nitrogens is 4. The molecule has 4 N–H and O–H groups in total. The Balaban J connectivity index is 1.55. The minimum absolute atomic E-state index is 0.681. The predicted octanol–water partition coefficient (Wildman–Crippen LogP) is 2.82. The first-order valence-electron chi connectivity index (χ1n) is 9.28. The Labute approximate surface area is 168 Å². The van der Waals surface area contributed by atoms with Crippen molar-refractivity contribution < 1.29 is 0 Å². The van der Waals surface area contributed by atoms with Gasteiger partial charge in [-0.1, -0.05) is 0 Å². The molecule has 0 bridgehead atoms. The summed E-state index contributed by atoms with van der Waals surface area (Å²) >= 11 is 1.51. The molecule has 28 heavy (non-hydrogen) atoms. The zero-order chi connectivity index (χ0) is 19.3. The lowest BCUT2D eigenvalue weighted by Crippen LogP contribution is -2.42. The van der Waals surface area contributed by atoms with E-state index in [9.17, 15) is 0 Å². The molecule has 0 aliphatic carbocycles. The van der Waals surface area contributed by atoms with E-state index >= 15 is 0 Å². The minimum Gasteiger partial charge on any atom is -0.399 e. The maximum Gasteiger partial charge on any atom is 0.196 e. The van der Waals surface area contributed by atoms with Gasteiger partial charge in [-0.05, 0) is 55.5 Å². The number of hydrogen-bond donors (Lipinski definition) is 3. The van der Waals surface area contributed by atoms with Crippen LogP contribution in [0.3, 0.4) is 0 Å². The largest absolute Gasteiger partial charge is 0.399 e. The lowest BCUT2D eigenvalue weighted by Gasteiger charge is -2.32. The first-order chi connectivity index (χ1) is 13.7. The average Bonchev–Trinajstić information content (AvgIpc) is 3.15. The summed E-state index contributed by atoms with van der Waals surface area (Å²) in [5.74, 6) is 2.40. The average molecular weight is 397 g/mol. The van der Waals surface area contributed by atoms with E-state index in [1.54, 1.807) is 6.20 Å². The Morgan fingerprint density at radius 3 is 2.71 bits per heavy atom. The Kier molecular flexibility index (Phi) is 5.63. The highest BCUT2D eigenvalue weighted by molar-refractivity contribution is 7.99. The number of H-pyrrole nitrogens is 1. The topological polar surface area (TPSA) is 99.0 Å². The zero-order valence-corrected chi connectivity index (χ0v) is 16.6. The maximum atomic E-state index is 5.79. The SMILES string of the molecule is CN(CCN1CCC1)c1cc(Nc2ccn[nH]2)nc(Sc2ccc(N)cc2)n1. The number of benzene rings is 1. The van der Waals surface area contributed by atoms with Crippen LogP contribution in [0.5, 0.6) is 0 Å². The summed E-state index contributed by atoms with van der Waals surface area (Å²) in [4.78, 5) is 15.1. The minimum atomic E-state index is 0.681. The van der Waals surface area contributed by atoms with Crippen molar-refractivity contribution in [3.8, 4) is 0 Å². The molecule has 3 aromatic rings. The first-order valence-corrected chi connectivity index (χ1v) is 10.1. The van der Waals surface area contributed by atoms with Crippen molar-refractivity contribution in [2.45, 2.75) is 16.5 Å². The third-order valence-electron chi connectivity index (χ3n) is 4.64. The lowest BCUT2D eigenvalue weighted by molar-refractivity contribution is 0.186. The Morgan fingerprint density at radius 1 is 1.21 bits per heavy atom. The van der Waals surface area contributed by atoms with E-state index in [1.165, 1.54) is 31.3 Å². The van der Waals surface area contributed by atoms with Gasteiger partial charge in [0, 0.05) is 42.9 Å². The van der Waals surface area contributed by atoms with Gasteiger partial charge in [-0.25, -0.2) is 9.97 Å². The van der Waals surface area contributed by atoms with Gasteiger partial charge in [0.05, 0.1) is 6.20 Å². The predicted molar refractivity (Wildman–Crippen MR) is 113 cm³/mol. The lowest BCUT2D eigenvalue weighted by atomic mass is 10.2. The summed E-state index contributed by atoms with van der Waals surface area (Å²) in [7, 11) is 2.07. The number of anilines is 4. The number of likely N-dealkylation sites (N-methyl/N-ethyl adjacent to an activating group) is 1. The molecule has 0 spiro atoms. The van der Waals surface area contributed by atoms with Crippen LogP contribution in [0.1, 0.15) is 6.42 Å². The van der Waals surface area contributed by atoms with Crippen LogP contribution in [0, 0.1) is 0 Å². The summed E-state index contributed by atoms with van der Waals surface area (Å²) in [5, 5.41) is 10.8. The molecular formula is C19H24N8S. The zero-order valence-electron chi connectivity index (χ0n) is 15.8. The fraction of sp³-hybridized carbons (Fsp3) is 0.316. The van der Waals surface area contributed by atoms with E-state index in [4.69, 9.17) is 10.7 Å². The molecule has 2 aromatic heterocycles. The number of hydrogen-bond acceptors (Lipinski definition) is 8. The molecular weight excluding hydrogens is 372 g/mol. The molecule has 3 heterocycles. The molecule has 0 amide bonds. The van der Waals surface area contributed by atoms with Gasteiger partial charge in [0.15, 0.2) is 5.16 Å². The van der Waals surface area contributed by atoms with Gasteiger partial charge >= 0.3 is 0 Å². The number of nitrogens with zero attached hydrogens (tertiary/aromatic N) is 5. The van der Waals surface area contributed by atoms with E-state index in [-0.39, 0.29) is 0 Å². The van der Waals surface area contributed by atoms with Crippen LogP contribution in [0.15, 0.2) is 52.6 Å². The van der Waals surface area contributed by atoms with Gasteiger partial charge in [-0.2, -0.15) is 5.10 Å². The van der Waals surface area contributed by atoms with E-state index < -0.39 is 0 Å². The summed E-state index contributed by atoms with van der Waals surface area (Å²) in [5.41, 5.74) is 6.53. The monoisotopic (exact) mass is 396 g/mol. The van der Waals surface area contributed by atoms with Crippen LogP contribution in [0.4, 0.5) is 23.1 Å². The summed E-state index contributed by atoms with van der Waals surface area (Å²) in [6, 6.07) is 11.5. The van der Waals surface area contributed by atoms with Crippen molar-refractivity contribution in [2.24, 2.45) is 0 Å². The highest BCUT2D eigenvalue weighted by Gasteiger charge is 2.15. The molecule has 0 saturated carbocycles. The number of nitrogen functional groups attached to an aromatic ring is 1. The van der Waals surface area contributed by atoms with Gasteiger partial charge in [-0.15, -0.1) is 0 Å². The second kappa shape index (κ2) is 8.49. The molecule has 1 aliphatic rings. The third kappa shape index (κ3) is 4.73. The van der Waals surface area contributed by atoms with Crippen LogP contribution in [0.2, 0.25) is 0 Å². The van der Waals surface area contributed by atoms with Crippen molar-refractivity contribution in [3.63, 3.8) is 0 Å². The molecule has 0 atom stereocenters. The Bertz CT molecular complexity index is 893.